The first-order chi connectivity index (χ1) is 6.33. The molecule has 2 aromatic rings. The van der Waals surface area contributed by atoms with Crippen molar-refractivity contribution in [2.75, 3.05) is 0 Å². The van der Waals surface area contributed by atoms with Crippen molar-refractivity contribution < 1.29 is 0 Å². The second kappa shape index (κ2) is 3.54. The number of benzene rings is 1. The molecule has 1 nitrogen and oxygen atoms in total. The lowest BCUT2D eigenvalue weighted by Gasteiger charge is -2.10. The Bertz CT molecular complexity index is 405. The first-order valence-corrected chi connectivity index (χ1v) is 5.44. The number of rotatable bonds is 2. The number of hydrogen-bond acceptors (Lipinski definition) is 0. The average molecular weight is 238 g/mol. The summed E-state index contributed by atoms with van der Waals surface area (Å²) in [5, 5.41) is 1.31. The number of alkyl halides is 1. The van der Waals surface area contributed by atoms with Gasteiger partial charge in [-0.3, -0.25) is 0 Å². The maximum atomic E-state index is 3.65. The molecule has 68 valence electrons. The van der Waals surface area contributed by atoms with E-state index in [-0.39, 0.29) is 0 Å². The van der Waals surface area contributed by atoms with Gasteiger partial charge in [0.1, 0.15) is 0 Å². The van der Waals surface area contributed by atoms with E-state index in [4.69, 9.17) is 0 Å². The van der Waals surface area contributed by atoms with Gasteiger partial charge in [0.2, 0.25) is 0 Å². The topological polar surface area (TPSA) is 4.93 Å². The molecule has 1 aromatic carbocycles. The summed E-state index contributed by atoms with van der Waals surface area (Å²) in [6, 6.07) is 10.6. The zero-order chi connectivity index (χ0) is 9.26. The van der Waals surface area contributed by atoms with E-state index in [0.29, 0.717) is 4.95 Å². The van der Waals surface area contributed by atoms with E-state index in [9.17, 15) is 0 Å². The minimum absolute atomic E-state index is 0.410. The third-order valence-corrected chi connectivity index (χ3v) is 3.36. The highest BCUT2D eigenvalue weighted by atomic mass is 79.9. The monoisotopic (exact) mass is 237 g/mol. The number of halogens is 1. The molecule has 0 saturated heterocycles. The van der Waals surface area contributed by atoms with Crippen LogP contribution in [0.3, 0.4) is 0 Å². The van der Waals surface area contributed by atoms with Crippen molar-refractivity contribution >= 4 is 26.8 Å². The molecule has 0 aliphatic heterocycles. The van der Waals surface area contributed by atoms with Crippen LogP contribution >= 0.6 is 15.9 Å². The minimum Gasteiger partial charge on any atom is -0.334 e. The van der Waals surface area contributed by atoms with Crippen LogP contribution < -0.4 is 0 Å². The highest BCUT2D eigenvalue weighted by Crippen LogP contribution is 2.25. The fourth-order valence-corrected chi connectivity index (χ4v) is 1.90. The Kier molecular flexibility index (Phi) is 2.40. The van der Waals surface area contributed by atoms with Gasteiger partial charge in [0, 0.05) is 11.7 Å². The normalized spacial score (nSPS) is 13.4. The Balaban J connectivity index is 2.57. The van der Waals surface area contributed by atoms with Crippen LogP contribution in [0.2, 0.25) is 0 Å². The third kappa shape index (κ3) is 1.51. The molecule has 2 heteroatoms. The number of nitrogens with zero attached hydrogens (tertiary/aromatic N) is 1. The Hall–Kier alpha value is -0.760. The number of aromatic nitrogens is 1. The van der Waals surface area contributed by atoms with Gasteiger partial charge in [-0.25, -0.2) is 0 Å². The molecule has 1 atom stereocenters. The van der Waals surface area contributed by atoms with E-state index in [2.05, 4.69) is 63.9 Å². The molecule has 0 saturated carbocycles. The maximum Gasteiger partial charge on any atom is 0.0886 e. The lowest BCUT2D eigenvalue weighted by atomic mass is 10.2. The van der Waals surface area contributed by atoms with Crippen molar-refractivity contribution in [3.63, 3.8) is 0 Å². The van der Waals surface area contributed by atoms with Crippen LogP contribution in [0.15, 0.2) is 36.5 Å². The Morgan fingerprint density at radius 1 is 1.31 bits per heavy atom. The van der Waals surface area contributed by atoms with Crippen molar-refractivity contribution in [3.05, 3.63) is 36.5 Å². The van der Waals surface area contributed by atoms with E-state index >= 15 is 0 Å². The zero-order valence-corrected chi connectivity index (χ0v) is 9.16. The molecule has 0 amide bonds. The standard InChI is InChI=1S/C11H12BrN/c1-2-11(12)13-8-7-9-5-3-4-6-10(9)13/h3-8,11H,2H2,1H3. The van der Waals surface area contributed by atoms with Crippen LogP contribution in [0, 0.1) is 0 Å². The molecule has 0 spiro atoms. The third-order valence-electron chi connectivity index (χ3n) is 2.27. The molecule has 13 heavy (non-hydrogen) atoms. The van der Waals surface area contributed by atoms with Crippen molar-refractivity contribution in [2.24, 2.45) is 0 Å². The summed E-state index contributed by atoms with van der Waals surface area (Å²) in [6.45, 7) is 2.17. The summed E-state index contributed by atoms with van der Waals surface area (Å²) in [5.74, 6) is 0. The predicted molar refractivity (Wildman–Crippen MR) is 60.2 cm³/mol. The molecule has 1 aromatic heterocycles. The Morgan fingerprint density at radius 2 is 2.08 bits per heavy atom. The summed E-state index contributed by atoms with van der Waals surface area (Å²) in [5.41, 5.74) is 1.30. The smallest absolute Gasteiger partial charge is 0.0886 e. The maximum absolute atomic E-state index is 3.65. The van der Waals surface area contributed by atoms with E-state index in [1.165, 1.54) is 10.9 Å². The van der Waals surface area contributed by atoms with Gasteiger partial charge in [-0.15, -0.1) is 0 Å². The minimum atomic E-state index is 0.410. The number of para-hydroxylation sites is 1. The largest absolute Gasteiger partial charge is 0.334 e. The van der Waals surface area contributed by atoms with E-state index < -0.39 is 0 Å². The number of fused-ring (bicyclic) bond motifs is 1. The lowest BCUT2D eigenvalue weighted by Crippen LogP contribution is -1.97. The molecule has 0 fully saturated rings. The molecule has 0 N–H and O–H groups in total. The second-order valence-corrected chi connectivity index (χ2v) is 4.18. The van der Waals surface area contributed by atoms with Crippen LogP contribution in [0.4, 0.5) is 0 Å². The summed E-state index contributed by atoms with van der Waals surface area (Å²) in [6.07, 6.45) is 3.23. The van der Waals surface area contributed by atoms with E-state index in [1.807, 2.05) is 0 Å². The molecule has 0 radical (unpaired) electrons. The molecular weight excluding hydrogens is 226 g/mol. The lowest BCUT2D eigenvalue weighted by molar-refractivity contribution is 0.694. The Morgan fingerprint density at radius 3 is 2.85 bits per heavy atom. The van der Waals surface area contributed by atoms with Gasteiger partial charge in [-0.1, -0.05) is 41.1 Å². The van der Waals surface area contributed by atoms with Gasteiger partial charge in [0.25, 0.3) is 0 Å². The first kappa shape index (κ1) is 8.82. The fourth-order valence-electron chi connectivity index (χ4n) is 1.55. The van der Waals surface area contributed by atoms with Crippen LogP contribution in [0.1, 0.15) is 18.3 Å². The Labute approximate surface area is 86.5 Å². The molecule has 1 heterocycles. The van der Waals surface area contributed by atoms with E-state index in [0.717, 1.165) is 6.42 Å². The van der Waals surface area contributed by atoms with Gasteiger partial charge in [-0.2, -0.15) is 0 Å². The summed E-state index contributed by atoms with van der Waals surface area (Å²) in [7, 11) is 0. The molecule has 0 aliphatic rings. The number of hydrogen-bond donors (Lipinski definition) is 0. The fraction of sp³-hybridized carbons (Fsp3) is 0.273. The van der Waals surface area contributed by atoms with Crippen molar-refractivity contribution in [2.45, 2.75) is 18.3 Å². The van der Waals surface area contributed by atoms with Gasteiger partial charge in [-0.05, 0) is 23.9 Å². The quantitative estimate of drug-likeness (QED) is 0.698. The van der Waals surface area contributed by atoms with Crippen LogP contribution in [-0.4, -0.2) is 4.57 Å². The summed E-state index contributed by atoms with van der Waals surface area (Å²) in [4.78, 5) is 0.410. The predicted octanol–water partition coefficient (Wildman–Crippen LogP) is 3.94. The first-order valence-electron chi connectivity index (χ1n) is 4.52. The molecule has 0 bridgehead atoms. The van der Waals surface area contributed by atoms with Crippen molar-refractivity contribution in [3.8, 4) is 0 Å². The average Bonchev–Trinajstić information content (AvgIpc) is 2.60. The molecule has 1 unspecified atom stereocenters. The zero-order valence-electron chi connectivity index (χ0n) is 7.57. The van der Waals surface area contributed by atoms with Crippen molar-refractivity contribution in [1.29, 1.82) is 0 Å². The molecular formula is C11H12BrN. The van der Waals surface area contributed by atoms with Crippen LogP contribution in [-0.2, 0) is 0 Å². The van der Waals surface area contributed by atoms with Crippen LogP contribution in [0.25, 0.3) is 10.9 Å². The molecule has 2 rings (SSSR count). The molecule has 0 aliphatic carbocycles. The van der Waals surface area contributed by atoms with E-state index in [1.54, 1.807) is 0 Å². The SMILES string of the molecule is CCC(Br)n1ccc2ccccc21. The summed E-state index contributed by atoms with van der Waals surface area (Å²) >= 11 is 3.65. The van der Waals surface area contributed by atoms with Gasteiger partial charge in [0.15, 0.2) is 0 Å². The second-order valence-electron chi connectivity index (χ2n) is 3.12. The van der Waals surface area contributed by atoms with Gasteiger partial charge in [0.05, 0.1) is 4.95 Å². The summed E-state index contributed by atoms with van der Waals surface area (Å²) < 4.78 is 2.26. The van der Waals surface area contributed by atoms with Crippen LogP contribution in [0.5, 0.6) is 0 Å². The van der Waals surface area contributed by atoms with Gasteiger partial charge >= 0.3 is 0 Å². The van der Waals surface area contributed by atoms with Gasteiger partial charge < -0.3 is 4.57 Å². The highest BCUT2D eigenvalue weighted by molar-refractivity contribution is 9.09. The van der Waals surface area contributed by atoms with Crippen molar-refractivity contribution in [1.82, 2.24) is 4.57 Å². The highest BCUT2D eigenvalue weighted by Gasteiger charge is 2.05.